The normalized spacial score (nSPS) is 17.5. The molecule has 9 heteroatoms. The van der Waals surface area contributed by atoms with Crippen LogP contribution in [0.2, 0.25) is 5.02 Å². The van der Waals surface area contributed by atoms with Gasteiger partial charge in [-0.3, -0.25) is 9.59 Å². The lowest BCUT2D eigenvalue weighted by Crippen LogP contribution is -2.35. The van der Waals surface area contributed by atoms with E-state index < -0.39 is 17.7 Å². The number of ether oxygens (including phenoxy) is 3. The van der Waals surface area contributed by atoms with Gasteiger partial charge in [0.05, 0.1) is 38.0 Å². The SMILES string of the molecule is COc1ccc(OC)c([C@H]2C(=C(O)c3ccc(OC)c(Cl)c3)C(=O)C(=O)N2CCN(C)C)c1. The van der Waals surface area contributed by atoms with E-state index in [4.69, 9.17) is 25.8 Å². The number of rotatable bonds is 8. The standard InChI is InChI=1S/C24H27ClN2O6/c1-26(2)10-11-27-21(16-13-15(31-3)7-9-18(16)32-4)20(23(29)24(27)30)22(28)14-6-8-19(33-5)17(25)12-14/h6-9,12-13,21,28H,10-11H2,1-5H3/t21-/m0/s1. The smallest absolute Gasteiger partial charge is 0.295 e. The van der Waals surface area contributed by atoms with Gasteiger partial charge in [-0.05, 0) is 50.5 Å². The first-order valence-corrected chi connectivity index (χ1v) is 10.6. The van der Waals surface area contributed by atoms with E-state index in [9.17, 15) is 14.7 Å². The molecule has 3 rings (SSSR count). The van der Waals surface area contributed by atoms with Crippen LogP contribution in [-0.4, -0.2) is 75.1 Å². The van der Waals surface area contributed by atoms with Crippen LogP contribution in [0, 0.1) is 0 Å². The van der Waals surface area contributed by atoms with Gasteiger partial charge in [-0.1, -0.05) is 11.6 Å². The number of hydrogen-bond acceptors (Lipinski definition) is 7. The number of likely N-dealkylation sites (tertiary alicyclic amines) is 1. The number of aliphatic hydroxyl groups is 1. The van der Waals surface area contributed by atoms with Crippen molar-refractivity contribution in [1.82, 2.24) is 9.80 Å². The summed E-state index contributed by atoms with van der Waals surface area (Å²) in [6.07, 6.45) is 0. The highest BCUT2D eigenvalue weighted by molar-refractivity contribution is 6.46. The molecule has 1 heterocycles. The Labute approximate surface area is 197 Å². The number of ketones is 1. The summed E-state index contributed by atoms with van der Waals surface area (Å²) in [7, 11) is 8.24. The zero-order chi connectivity index (χ0) is 24.3. The van der Waals surface area contributed by atoms with Crippen molar-refractivity contribution in [2.75, 3.05) is 48.5 Å². The molecule has 2 aromatic carbocycles. The van der Waals surface area contributed by atoms with Crippen LogP contribution in [0.15, 0.2) is 42.0 Å². The van der Waals surface area contributed by atoms with Gasteiger partial charge in [-0.25, -0.2) is 0 Å². The zero-order valence-corrected chi connectivity index (χ0v) is 20.0. The summed E-state index contributed by atoms with van der Waals surface area (Å²) < 4.78 is 16.1. The first-order valence-electron chi connectivity index (χ1n) is 10.2. The first kappa shape index (κ1) is 24.4. The number of carbonyl (C=O) groups is 2. The third kappa shape index (κ3) is 4.77. The van der Waals surface area contributed by atoms with Gasteiger partial charge >= 0.3 is 0 Å². The van der Waals surface area contributed by atoms with Crippen molar-refractivity contribution < 1.29 is 28.9 Å². The number of benzene rings is 2. The van der Waals surface area contributed by atoms with Crippen molar-refractivity contribution >= 4 is 29.1 Å². The van der Waals surface area contributed by atoms with Crippen molar-refractivity contribution in [3.8, 4) is 17.2 Å². The number of Topliss-reactive ketones (excluding diaryl/α,β-unsaturated/α-hetero) is 1. The lowest BCUT2D eigenvalue weighted by Gasteiger charge is -2.28. The van der Waals surface area contributed by atoms with Gasteiger partial charge in [0.2, 0.25) is 0 Å². The Balaban J connectivity index is 2.24. The maximum atomic E-state index is 13.2. The van der Waals surface area contributed by atoms with E-state index in [2.05, 4.69) is 0 Å². The highest BCUT2D eigenvalue weighted by atomic mass is 35.5. The molecule has 1 fully saturated rings. The van der Waals surface area contributed by atoms with Crippen molar-refractivity contribution in [1.29, 1.82) is 0 Å². The quantitative estimate of drug-likeness (QED) is 0.356. The van der Waals surface area contributed by atoms with Crippen LogP contribution < -0.4 is 14.2 Å². The molecule has 176 valence electrons. The average molecular weight is 475 g/mol. The topological polar surface area (TPSA) is 88.5 Å². The Morgan fingerprint density at radius 1 is 1.03 bits per heavy atom. The molecule has 33 heavy (non-hydrogen) atoms. The van der Waals surface area contributed by atoms with Crippen LogP contribution in [0.3, 0.4) is 0 Å². The van der Waals surface area contributed by atoms with Gasteiger partial charge < -0.3 is 29.1 Å². The van der Waals surface area contributed by atoms with Crippen LogP contribution >= 0.6 is 11.6 Å². The number of amides is 1. The Morgan fingerprint density at radius 2 is 1.70 bits per heavy atom. The van der Waals surface area contributed by atoms with Crippen LogP contribution in [-0.2, 0) is 9.59 Å². The summed E-state index contributed by atoms with van der Waals surface area (Å²) in [6.45, 7) is 0.785. The first-order chi connectivity index (χ1) is 15.7. The van der Waals surface area contributed by atoms with Crippen LogP contribution in [0.1, 0.15) is 17.2 Å². The van der Waals surface area contributed by atoms with Gasteiger partial charge in [0, 0.05) is 24.2 Å². The predicted octanol–water partition coefficient (Wildman–Crippen LogP) is 3.35. The predicted molar refractivity (Wildman–Crippen MR) is 125 cm³/mol. The highest BCUT2D eigenvalue weighted by Crippen LogP contribution is 2.44. The second-order valence-electron chi connectivity index (χ2n) is 7.75. The van der Waals surface area contributed by atoms with Crippen molar-refractivity contribution in [3.63, 3.8) is 0 Å². The molecule has 1 saturated heterocycles. The molecule has 1 aliphatic heterocycles. The second-order valence-corrected chi connectivity index (χ2v) is 8.16. The van der Waals surface area contributed by atoms with E-state index >= 15 is 0 Å². The summed E-state index contributed by atoms with van der Waals surface area (Å²) in [4.78, 5) is 29.6. The van der Waals surface area contributed by atoms with E-state index in [-0.39, 0.29) is 22.9 Å². The molecular formula is C24H27ClN2O6. The van der Waals surface area contributed by atoms with Crippen LogP contribution in [0.4, 0.5) is 0 Å². The van der Waals surface area contributed by atoms with Crippen molar-refractivity contribution in [2.45, 2.75) is 6.04 Å². The molecule has 0 aromatic heterocycles. The molecule has 0 unspecified atom stereocenters. The minimum Gasteiger partial charge on any atom is -0.507 e. The number of halogens is 1. The van der Waals surface area contributed by atoms with E-state index in [1.807, 2.05) is 19.0 Å². The summed E-state index contributed by atoms with van der Waals surface area (Å²) in [6, 6.07) is 8.89. The van der Waals surface area contributed by atoms with Crippen LogP contribution in [0.5, 0.6) is 17.2 Å². The molecule has 0 bridgehead atoms. The second kappa shape index (κ2) is 10.1. The third-order valence-corrected chi connectivity index (χ3v) is 5.78. The molecule has 8 nitrogen and oxygen atoms in total. The number of likely N-dealkylation sites (N-methyl/N-ethyl adjacent to an activating group) is 1. The summed E-state index contributed by atoms with van der Waals surface area (Å²) in [5.41, 5.74) is 0.765. The molecule has 1 atom stereocenters. The van der Waals surface area contributed by atoms with E-state index in [1.165, 1.54) is 32.3 Å². The Morgan fingerprint density at radius 3 is 2.27 bits per heavy atom. The molecule has 0 aliphatic carbocycles. The minimum atomic E-state index is -0.879. The lowest BCUT2D eigenvalue weighted by atomic mass is 9.94. The Bertz CT molecular complexity index is 1100. The minimum absolute atomic E-state index is 0.0495. The third-order valence-electron chi connectivity index (χ3n) is 5.48. The fraction of sp³-hybridized carbons (Fsp3) is 0.333. The largest absolute Gasteiger partial charge is 0.507 e. The van der Waals surface area contributed by atoms with Gasteiger partial charge in [0.1, 0.15) is 23.0 Å². The number of nitrogens with zero attached hydrogens (tertiary/aromatic N) is 2. The van der Waals surface area contributed by atoms with Crippen LogP contribution in [0.25, 0.3) is 5.76 Å². The fourth-order valence-corrected chi connectivity index (χ4v) is 4.02. The molecule has 1 amide bonds. The van der Waals surface area contributed by atoms with E-state index in [0.29, 0.717) is 34.9 Å². The van der Waals surface area contributed by atoms with E-state index in [0.717, 1.165) is 0 Å². The lowest BCUT2D eigenvalue weighted by molar-refractivity contribution is -0.140. The van der Waals surface area contributed by atoms with Crippen molar-refractivity contribution in [3.05, 3.63) is 58.1 Å². The number of aliphatic hydroxyl groups excluding tert-OH is 1. The summed E-state index contributed by atoms with van der Waals surface area (Å²) >= 11 is 6.24. The summed E-state index contributed by atoms with van der Waals surface area (Å²) in [5, 5.41) is 11.5. The van der Waals surface area contributed by atoms with Gasteiger partial charge in [0.25, 0.3) is 11.7 Å². The Hall–Kier alpha value is -3.23. The van der Waals surface area contributed by atoms with E-state index in [1.54, 1.807) is 30.3 Å². The molecule has 1 N–H and O–H groups in total. The zero-order valence-electron chi connectivity index (χ0n) is 19.2. The maximum absolute atomic E-state index is 13.2. The number of hydrogen-bond donors (Lipinski definition) is 1. The number of methoxy groups -OCH3 is 3. The van der Waals surface area contributed by atoms with Gasteiger partial charge in [0.15, 0.2) is 0 Å². The molecule has 0 saturated carbocycles. The number of carbonyl (C=O) groups excluding carboxylic acids is 2. The average Bonchev–Trinajstić information content (AvgIpc) is 3.06. The van der Waals surface area contributed by atoms with Gasteiger partial charge in [-0.15, -0.1) is 0 Å². The maximum Gasteiger partial charge on any atom is 0.295 e. The van der Waals surface area contributed by atoms with Crippen molar-refractivity contribution in [2.24, 2.45) is 0 Å². The molecule has 0 radical (unpaired) electrons. The summed E-state index contributed by atoms with van der Waals surface area (Å²) in [5.74, 6) is -0.417. The molecule has 0 spiro atoms. The Kier molecular flexibility index (Phi) is 7.50. The fourth-order valence-electron chi connectivity index (χ4n) is 3.76. The van der Waals surface area contributed by atoms with Gasteiger partial charge in [-0.2, -0.15) is 0 Å². The molecule has 1 aliphatic rings. The molecular weight excluding hydrogens is 448 g/mol. The highest BCUT2D eigenvalue weighted by Gasteiger charge is 2.47. The monoisotopic (exact) mass is 474 g/mol. The molecule has 2 aromatic rings.